The van der Waals surface area contributed by atoms with Gasteiger partial charge in [0.25, 0.3) is 0 Å². The van der Waals surface area contributed by atoms with Gasteiger partial charge in [-0.3, -0.25) is 4.68 Å². The Morgan fingerprint density at radius 3 is 3.00 bits per heavy atom. The lowest BCUT2D eigenvalue weighted by atomic mass is 10.5. The molecule has 0 spiro atoms. The third kappa shape index (κ3) is 4.09. The Labute approximate surface area is 91.5 Å². The first-order valence-electron chi connectivity index (χ1n) is 4.27. The Morgan fingerprint density at radius 1 is 1.73 bits per heavy atom. The summed E-state index contributed by atoms with van der Waals surface area (Å²) in [6, 6.07) is 0. The standard InChI is InChI=1S/C8H11ClN4O2/c1-6(9)4-10-2-3-13-5-7(8(14)15)11-12-13/h5,10H,1-4H2,(H,14,15). The van der Waals surface area contributed by atoms with Gasteiger partial charge in [0.1, 0.15) is 0 Å². The van der Waals surface area contributed by atoms with Crippen molar-refractivity contribution in [2.75, 3.05) is 13.1 Å². The van der Waals surface area contributed by atoms with Gasteiger partial charge < -0.3 is 10.4 Å². The largest absolute Gasteiger partial charge is 0.476 e. The number of hydrogen-bond acceptors (Lipinski definition) is 4. The average Bonchev–Trinajstić information content (AvgIpc) is 2.60. The third-order valence-electron chi connectivity index (χ3n) is 1.59. The number of aromatic nitrogens is 3. The fourth-order valence-electron chi connectivity index (χ4n) is 0.923. The van der Waals surface area contributed by atoms with Gasteiger partial charge in [-0.1, -0.05) is 23.4 Å². The maximum absolute atomic E-state index is 10.5. The van der Waals surface area contributed by atoms with Gasteiger partial charge in [-0.05, 0) is 0 Å². The predicted molar refractivity (Wildman–Crippen MR) is 54.8 cm³/mol. The highest BCUT2D eigenvalue weighted by molar-refractivity contribution is 6.29. The molecule has 0 radical (unpaired) electrons. The Hall–Kier alpha value is -1.40. The average molecular weight is 231 g/mol. The number of aromatic carboxylic acids is 1. The molecular weight excluding hydrogens is 220 g/mol. The van der Waals surface area contributed by atoms with Crippen LogP contribution in [-0.4, -0.2) is 39.2 Å². The van der Waals surface area contributed by atoms with Gasteiger partial charge in [0.2, 0.25) is 0 Å². The predicted octanol–water partition coefficient (Wildman–Crippen LogP) is 0.318. The van der Waals surface area contributed by atoms with E-state index < -0.39 is 5.97 Å². The van der Waals surface area contributed by atoms with E-state index in [0.29, 0.717) is 24.7 Å². The van der Waals surface area contributed by atoms with Crippen molar-refractivity contribution in [3.8, 4) is 0 Å². The maximum Gasteiger partial charge on any atom is 0.358 e. The summed E-state index contributed by atoms with van der Waals surface area (Å²) in [6.45, 7) is 5.18. The molecule has 0 unspecified atom stereocenters. The minimum Gasteiger partial charge on any atom is -0.476 e. The van der Waals surface area contributed by atoms with Gasteiger partial charge in [0.15, 0.2) is 5.69 Å². The minimum atomic E-state index is -1.08. The molecule has 0 bridgehead atoms. The zero-order valence-corrected chi connectivity index (χ0v) is 8.74. The van der Waals surface area contributed by atoms with Gasteiger partial charge >= 0.3 is 5.97 Å². The Bertz CT molecular complexity index is 363. The highest BCUT2D eigenvalue weighted by Gasteiger charge is 2.07. The van der Waals surface area contributed by atoms with Gasteiger partial charge in [0.05, 0.1) is 12.7 Å². The molecule has 0 fully saturated rings. The number of hydrogen-bond donors (Lipinski definition) is 2. The van der Waals surface area contributed by atoms with Crippen LogP contribution in [0.5, 0.6) is 0 Å². The summed E-state index contributed by atoms with van der Waals surface area (Å²) in [4.78, 5) is 10.5. The van der Waals surface area contributed by atoms with Crippen LogP contribution in [0.3, 0.4) is 0 Å². The number of nitrogens with one attached hydrogen (secondary N) is 1. The molecule has 15 heavy (non-hydrogen) atoms. The molecule has 82 valence electrons. The van der Waals surface area contributed by atoms with Crippen LogP contribution in [0.25, 0.3) is 0 Å². The van der Waals surface area contributed by atoms with E-state index in [1.807, 2.05) is 0 Å². The highest BCUT2D eigenvalue weighted by Crippen LogP contribution is 1.93. The molecule has 7 heteroatoms. The molecule has 6 nitrogen and oxygen atoms in total. The summed E-state index contributed by atoms with van der Waals surface area (Å²) in [6.07, 6.45) is 1.37. The van der Waals surface area contributed by atoms with Crippen molar-refractivity contribution in [2.24, 2.45) is 0 Å². The summed E-state index contributed by atoms with van der Waals surface area (Å²) >= 11 is 5.54. The molecule has 1 heterocycles. The number of halogens is 1. The summed E-state index contributed by atoms with van der Waals surface area (Å²) in [5, 5.41) is 19.2. The smallest absolute Gasteiger partial charge is 0.358 e. The van der Waals surface area contributed by atoms with Crippen molar-refractivity contribution < 1.29 is 9.90 Å². The molecule has 1 aromatic rings. The van der Waals surface area contributed by atoms with Crippen LogP contribution >= 0.6 is 11.6 Å². The molecule has 1 rings (SSSR count). The normalized spacial score (nSPS) is 10.2. The van der Waals surface area contributed by atoms with Crippen molar-refractivity contribution in [1.82, 2.24) is 20.3 Å². The van der Waals surface area contributed by atoms with E-state index in [1.165, 1.54) is 10.9 Å². The molecule has 0 saturated carbocycles. The van der Waals surface area contributed by atoms with E-state index >= 15 is 0 Å². The number of carboxylic acids is 1. The lowest BCUT2D eigenvalue weighted by Crippen LogP contribution is -2.21. The SMILES string of the molecule is C=C(Cl)CNCCn1cc(C(=O)O)nn1. The van der Waals surface area contributed by atoms with Crippen LogP contribution in [0.2, 0.25) is 0 Å². The zero-order chi connectivity index (χ0) is 11.3. The topological polar surface area (TPSA) is 80.0 Å². The minimum absolute atomic E-state index is 0.0586. The van der Waals surface area contributed by atoms with Crippen LogP contribution in [0.1, 0.15) is 10.5 Å². The first-order valence-corrected chi connectivity index (χ1v) is 4.65. The van der Waals surface area contributed by atoms with Crippen LogP contribution < -0.4 is 5.32 Å². The highest BCUT2D eigenvalue weighted by atomic mass is 35.5. The lowest BCUT2D eigenvalue weighted by molar-refractivity contribution is 0.0690. The Balaban J connectivity index is 2.31. The fraction of sp³-hybridized carbons (Fsp3) is 0.375. The molecule has 0 aliphatic rings. The van der Waals surface area contributed by atoms with Crippen LogP contribution in [0, 0.1) is 0 Å². The molecule has 0 aliphatic carbocycles. The van der Waals surface area contributed by atoms with Crippen LogP contribution in [-0.2, 0) is 6.54 Å². The second kappa shape index (κ2) is 5.47. The van der Waals surface area contributed by atoms with E-state index in [-0.39, 0.29) is 5.69 Å². The number of rotatable bonds is 6. The molecule has 0 amide bonds. The number of nitrogens with zero attached hydrogens (tertiary/aromatic N) is 3. The number of carbonyl (C=O) groups is 1. The van der Waals surface area contributed by atoms with Gasteiger partial charge in [-0.2, -0.15) is 0 Å². The van der Waals surface area contributed by atoms with E-state index in [0.717, 1.165) is 0 Å². The molecule has 2 N–H and O–H groups in total. The second-order valence-electron chi connectivity index (χ2n) is 2.87. The summed E-state index contributed by atoms with van der Waals surface area (Å²) < 4.78 is 1.45. The first kappa shape index (κ1) is 11.7. The van der Waals surface area contributed by atoms with Gasteiger partial charge in [-0.25, -0.2) is 4.79 Å². The molecule has 0 atom stereocenters. The second-order valence-corrected chi connectivity index (χ2v) is 3.40. The van der Waals surface area contributed by atoms with E-state index in [1.54, 1.807) is 0 Å². The van der Waals surface area contributed by atoms with Crippen molar-refractivity contribution in [3.05, 3.63) is 23.5 Å². The third-order valence-corrected chi connectivity index (χ3v) is 1.73. The van der Waals surface area contributed by atoms with Gasteiger partial charge in [-0.15, -0.1) is 5.10 Å². The van der Waals surface area contributed by atoms with Crippen molar-refractivity contribution in [3.63, 3.8) is 0 Å². The molecule has 0 aliphatic heterocycles. The first-order chi connectivity index (χ1) is 7.09. The quantitative estimate of drug-likeness (QED) is 0.688. The van der Waals surface area contributed by atoms with E-state index in [4.69, 9.17) is 16.7 Å². The van der Waals surface area contributed by atoms with E-state index in [2.05, 4.69) is 22.2 Å². The molecular formula is C8H11ClN4O2. The fourth-order valence-corrected chi connectivity index (χ4v) is 1.02. The van der Waals surface area contributed by atoms with Crippen molar-refractivity contribution >= 4 is 17.6 Å². The zero-order valence-electron chi connectivity index (χ0n) is 7.98. The maximum atomic E-state index is 10.5. The van der Waals surface area contributed by atoms with Crippen molar-refractivity contribution in [1.29, 1.82) is 0 Å². The van der Waals surface area contributed by atoms with Crippen LogP contribution in [0.4, 0.5) is 0 Å². The van der Waals surface area contributed by atoms with Crippen molar-refractivity contribution in [2.45, 2.75) is 6.54 Å². The summed E-state index contributed by atoms with van der Waals surface area (Å²) in [5.74, 6) is -1.08. The van der Waals surface area contributed by atoms with E-state index in [9.17, 15) is 4.79 Å². The Kier molecular flexibility index (Phi) is 4.26. The monoisotopic (exact) mass is 230 g/mol. The molecule has 0 aromatic carbocycles. The summed E-state index contributed by atoms with van der Waals surface area (Å²) in [7, 11) is 0. The molecule has 0 saturated heterocycles. The van der Waals surface area contributed by atoms with Crippen LogP contribution in [0.15, 0.2) is 17.8 Å². The Morgan fingerprint density at radius 2 is 2.47 bits per heavy atom. The molecule has 1 aromatic heterocycles. The lowest BCUT2D eigenvalue weighted by Gasteiger charge is -2.02. The summed E-state index contributed by atoms with van der Waals surface area (Å²) in [5.41, 5.74) is -0.0586. The van der Waals surface area contributed by atoms with Gasteiger partial charge in [0, 0.05) is 18.1 Å². The number of carboxylic acid groups (broad SMARTS) is 1.